The fourth-order valence-corrected chi connectivity index (χ4v) is 2.02. The Balaban J connectivity index is 1.88. The van der Waals surface area contributed by atoms with Crippen LogP contribution in [0.4, 0.5) is 11.4 Å². The van der Waals surface area contributed by atoms with E-state index in [1.807, 2.05) is 48.5 Å². The molecule has 1 N–H and O–H groups in total. The van der Waals surface area contributed by atoms with Gasteiger partial charge >= 0.3 is 0 Å². The fourth-order valence-electron chi connectivity index (χ4n) is 1.89. The number of hydrazone groups is 1. The quantitative estimate of drug-likeness (QED) is 0.304. The van der Waals surface area contributed by atoms with Crippen LogP contribution in [-0.2, 0) is 0 Å². The van der Waals surface area contributed by atoms with Crippen molar-refractivity contribution in [3.05, 3.63) is 89.7 Å². The van der Waals surface area contributed by atoms with Gasteiger partial charge in [0.2, 0.25) is 5.84 Å². The summed E-state index contributed by atoms with van der Waals surface area (Å²) in [4.78, 5) is 4.01. The van der Waals surface area contributed by atoms with Gasteiger partial charge in [-0.05, 0) is 48.5 Å². The lowest BCUT2D eigenvalue weighted by Gasteiger charge is -2.03. The molecular formula is C18H14ClN5. The Kier molecular flexibility index (Phi) is 5.27. The number of rotatable bonds is 4. The minimum atomic E-state index is 0.444. The molecule has 6 heteroatoms. The zero-order valence-corrected chi connectivity index (χ0v) is 13.4. The predicted molar refractivity (Wildman–Crippen MR) is 96.8 cm³/mol. The van der Waals surface area contributed by atoms with Crippen LogP contribution >= 0.6 is 11.6 Å². The normalized spacial score (nSPS) is 11.6. The van der Waals surface area contributed by atoms with E-state index in [9.17, 15) is 0 Å². The van der Waals surface area contributed by atoms with Crippen molar-refractivity contribution in [3.63, 3.8) is 0 Å². The second-order valence-corrected chi connectivity index (χ2v) is 5.27. The molecule has 24 heavy (non-hydrogen) atoms. The molecule has 0 aliphatic carbocycles. The number of nitrogens with one attached hydrogen (secondary N) is 1. The van der Waals surface area contributed by atoms with Crippen molar-refractivity contribution in [2.75, 3.05) is 5.43 Å². The molecule has 1 aromatic heterocycles. The van der Waals surface area contributed by atoms with E-state index in [1.165, 1.54) is 0 Å². The number of hydrogen-bond donors (Lipinski definition) is 1. The maximum absolute atomic E-state index is 5.94. The number of hydrogen-bond acceptors (Lipinski definition) is 4. The van der Waals surface area contributed by atoms with Crippen LogP contribution in [0.5, 0.6) is 0 Å². The summed E-state index contributed by atoms with van der Waals surface area (Å²) in [6.07, 6.45) is 3.32. The van der Waals surface area contributed by atoms with Gasteiger partial charge in [-0.3, -0.25) is 10.4 Å². The van der Waals surface area contributed by atoms with E-state index in [2.05, 4.69) is 25.7 Å². The molecule has 0 atom stereocenters. The molecule has 3 aromatic rings. The summed E-state index contributed by atoms with van der Waals surface area (Å²) in [6, 6.07) is 20.5. The molecule has 0 saturated heterocycles. The van der Waals surface area contributed by atoms with E-state index in [1.54, 1.807) is 30.6 Å². The van der Waals surface area contributed by atoms with Crippen molar-refractivity contribution in [3.8, 4) is 0 Å². The van der Waals surface area contributed by atoms with Gasteiger partial charge in [0.25, 0.3) is 0 Å². The van der Waals surface area contributed by atoms with E-state index in [0.717, 1.165) is 11.3 Å². The number of azo groups is 1. The number of nitrogens with zero attached hydrogens (tertiary/aromatic N) is 4. The van der Waals surface area contributed by atoms with Crippen LogP contribution in [-0.4, -0.2) is 10.8 Å². The first-order valence-corrected chi connectivity index (χ1v) is 7.65. The largest absolute Gasteiger partial charge is 0.276 e. The summed E-state index contributed by atoms with van der Waals surface area (Å²) in [5, 5.41) is 13.4. The van der Waals surface area contributed by atoms with Crippen molar-refractivity contribution in [2.45, 2.75) is 0 Å². The highest BCUT2D eigenvalue weighted by molar-refractivity contribution is 6.30. The third-order valence-corrected chi connectivity index (χ3v) is 3.33. The van der Waals surface area contributed by atoms with Gasteiger partial charge in [-0.2, -0.15) is 5.10 Å². The Hall–Kier alpha value is -3.05. The number of aromatic nitrogens is 1. The van der Waals surface area contributed by atoms with E-state index < -0.39 is 0 Å². The lowest BCUT2D eigenvalue weighted by atomic mass is 10.2. The van der Waals surface area contributed by atoms with Gasteiger partial charge in [-0.25, -0.2) is 0 Å². The number of pyridine rings is 1. The van der Waals surface area contributed by atoms with Crippen LogP contribution in [0.1, 0.15) is 5.56 Å². The Bertz CT molecular complexity index is 830. The lowest BCUT2D eigenvalue weighted by molar-refractivity contribution is 1.20. The number of benzene rings is 2. The summed E-state index contributed by atoms with van der Waals surface area (Å²) in [7, 11) is 0. The van der Waals surface area contributed by atoms with E-state index in [-0.39, 0.29) is 0 Å². The molecule has 1 heterocycles. The monoisotopic (exact) mass is 335 g/mol. The van der Waals surface area contributed by atoms with Crippen LogP contribution in [0.25, 0.3) is 0 Å². The molecule has 0 radical (unpaired) electrons. The van der Waals surface area contributed by atoms with Gasteiger partial charge in [0.15, 0.2) is 0 Å². The first kappa shape index (κ1) is 15.8. The highest BCUT2D eigenvalue weighted by atomic mass is 35.5. The van der Waals surface area contributed by atoms with Gasteiger partial charge in [0.05, 0.1) is 11.9 Å². The SMILES string of the molecule is Clc1ccc(C(N=Nc2cccnc2)=NNc2ccccc2)cc1. The Morgan fingerprint density at radius 1 is 0.917 bits per heavy atom. The minimum absolute atomic E-state index is 0.444. The van der Waals surface area contributed by atoms with Gasteiger partial charge < -0.3 is 0 Å². The number of amidine groups is 1. The summed E-state index contributed by atoms with van der Waals surface area (Å²) in [5.41, 5.74) is 5.29. The van der Waals surface area contributed by atoms with E-state index in [0.29, 0.717) is 16.5 Å². The van der Waals surface area contributed by atoms with Gasteiger partial charge in [-0.15, -0.1) is 10.2 Å². The molecule has 0 aliphatic rings. The molecule has 0 saturated carbocycles. The second kappa shape index (κ2) is 7.99. The lowest BCUT2D eigenvalue weighted by Crippen LogP contribution is -2.01. The Morgan fingerprint density at radius 2 is 1.71 bits per heavy atom. The Labute approximate surface area is 144 Å². The summed E-state index contributed by atoms with van der Waals surface area (Å²) in [6.45, 7) is 0. The molecule has 0 spiro atoms. The molecule has 0 bridgehead atoms. The standard InChI is InChI=1S/C18H14ClN5/c19-15-10-8-14(9-11-15)18(23-21-16-5-2-1-3-6-16)24-22-17-7-4-12-20-13-17/h1-13,21H. The van der Waals surface area contributed by atoms with Gasteiger partial charge in [-0.1, -0.05) is 29.8 Å². The maximum atomic E-state index is 5.94. The molecule has 0 unspecified atom stereocenters. The van der Waals surface area contributed by atoms with Crippen molar-refractivity contribution in [2.24, 2.45) is 15.3 Å². The van der Waals surface area contributed by atoms with Crippen molar-refractivity contribution in [1.29, 1.82) is 0 Å². The molecule has 0 fully saturated rings. The molecule has 2 aromatic carbocycles. The van der Waals surface area contributed by atoms with Crippen LogP contribution in [0.2, 0.25) is 5.02 Å². The first-order chi connectivity index (χ1) is 11.8. The van der Waals surface area contributed by atoms with Crippen molar-refractivity contribution < 1.29 is 0 Å². The molecular weight excluding hydrogens is 322 g/mol. The maximum Gasteiger partial charge on any atom is 0.201 e. The van der Waals surface area contributed by atoms with Crippen LogP contribution < -0.4 is 5.43 Å². The van der Waals surface area contributed by atoms with Crippen molar-refractivity contribution in [1.82, 2.24) is 4.98 Å². The van der Waals surface area contributed by atoms with Crippen LogP contribution in [0, 0.1) is 0 Å². The zero-order valence-electron chi connectivity index (χ0n) is 12.7. The number of halogens is 1. The van der Waals surface area contributed by atoms with E-state index >= 15 is 0 Å². The molecule has 3 rings (SSSR count). The molecule has 0 aliphatic heterocycles. The minimum Gasteiger partial charge on any atom is -0.276 e. The fraction of sp³-hybridized carbons (Fsp3) is 0. The third kappa shape index (κ3) is 4.47. The highest BCUT2D eigenvalue weighted by Crippen LogP contribution is 2.14. The zero-order chi connectivity index (χ0) is 16.6. The molecule has 5 nitrogen and oxygen atoms in total. The average Bonchev–Trinajstić information content (AvgIpc) is 2.64. The van der Waals surface area contributed by atoms with Gasteiger partial charge in [0.1, 0.15) is 5.69 Å². The first-order valence-electron chi connectivity index (χ1n) is 7.28. The molecule has 0 amide bonds. The topological polar surface area (TPSA) is 62.0 Å². The summed E-state index contributed by atoms with van der Waals surface area (Å²) in [5.74, 6) is 0.444. The predicted octanol–water partition coefficient (Wildman–Crippen LogP) is 5.29. The average molecular weight is 336 g/mol. The Morgan fingerprint density at radius 3 is 2.42 bits per heavy atom. The summed E-state index contributed by atoms with van der Waals surface area (Å²) < 4.78 is 0. The highest BCUT2D eigenvalue weighted by Gasteiger charge is 2.03. The van der Waals surface area contributed by atoms with Gasteiger partial charge in [0, 0.05) is 16.8 Å². The van der Waals surface area contributed by atoms with E-state index in [4.69, 9.17) is 11.6 Å². The van der Waals surface area contributed by atoms with Crippen LogP contribution in [0.3, 0.4) is 0 Å². The van der Waals surface area contributed by atoms with Crippen molar-refractivity contribution >= 4 is 28.8 Å². The molecule has 118 valence electrons. The number of anilines is 1. The summed E-state index contributed by atoms with van der Waals surface area (Å²) >= 11 is 5.94. The number of para-hydroxylation sites is 1. The smallest absolute Gasteiger partial charge is 0.201 e. The van der Waals surface area contributed by atoms with Crippen LogP contribution in [0.15, 0.2) is 94.5 Å². The second-order valence-electron chi connectivity index (χ2n) is 4.83. The third-order valence-electron chi connectivity index (χ3n) is 3.07.